The van der Waals surface area contributed by atoms with Crippen LogP contribution in [0.5, 0.6) is 0 Å². The molecule has 3 N–H and O–H groups in total. The number of allylic oxidation sites excluding steroid dienone is 4. The second kappa shape index (κ2) is 4.01. The smallest absolute Gasteiger partial charge is 0.0920 e. The Labute approximate surface area is 55.7 Å². The summed E-state index contributed by atoms with van der Waals surface area (Å²) in [4.78, 5) is 0. The maximum atomic E-state index is 8.87. The minimum atomic E-state index is 0.361. The predicted octanol–water partition coefficient (Wildman–Crippen LogP) is 1.70. The van der Waals surface area contributed by atoms with E-state index in [1.807, 2.05) is 6.92 Å². The molecule has 0 aromatic heterocycles. The molecular weight excluding hydrogens is 114 g/mol. The zero-order valence-electron chi connectivity index (χ0n) is 5.89. The van der Waals surface area contributed by atoms with Crippen molar-refractivity contribution < 1.29 is 5.11 Å². The summed E-state index contributed by atoms with van der Waals surface area (Å²) >= 11 is 0. The highest BCUT2D eigenvalue weighted by molar-refractivity contribution is 5.10. The van der Waals surface area contributed by atoms with Crippen molar-refractivity contribution in [2.75, 3.05) is 0 Å². The highest BCUT2D eigenvalue weighted by atomic mass is 16.3. The van der Waals surface area contributed by atoms with Gasteiger partial charge in [-0.15, -0.1) is 0 Å². The van der Waals surface area contributed by atoms with E-state index in [9.17, 15) is 0 Å². The van der Waals surface area contributed by atoms with Crippen molar-refractivity contribution in [1.29, 1.82) is 0 Å². The van der Waals surface area contributed by atoms with E-state index in [2.05, 4.69) is 0 Å². The topological polar surface area (TPSA) is 46.2 Å². The van der Waals surface area contributed by atoms with E-state index in [0.717, 1.165) is 0 Å². The third-order valence-electron chi connectivity index (χ3n) is 0.901. The first kappa shape index (κ1) is 8.08. The van der Waals surface area contributed by atoms with Crippen LogP contribution in [0, 0.1) is 0 Å². The van der Waals surface area contributed by atoms with Crippen LogP contribution >= 0.6 is 0 Å². The molecule has 0 spiro atoms. The zero-order chi connectivity index (χ0) is 7.28. The average molecular weight is 127 g/mol. The van der Waals surface area contributed by atoms with Crippen molar-refractivity contribution in [2.45, 2.75) is 20.3 Å². The van der Waals surface area contributed by atoms with Gasteiger partial charge in [0.25, 0.3) is 0 Å². The van der Waals surface area contributed by atoms with Crippen LogP contribution in [0.3, 0.4) is 0 Å². The minimum absolute atomic E-state index is 0.361. The zero-order valence-corrected chi connectivity index (χ0v) is 5.89. The summed E-state index contributed by atoms with van der Waals surface area (Å²) in [5, 5.41) is 8.87. The van der Waals surface area contributed by atoms with Gasteiger partial charge in [0.1, 0.15) is 0 Å². The molecular formula is C7H13NO. The molecule has 0 bridgehead atoms. The van der Waals surface area contributed by atoms with Crippen LogP contribution in [0.25, 0.3) is 0 Å². The van der Waals surface area contributed by atoms with Gasteiger partial charge in [-0.3, -0.25) is 0 Å². The SMILES string of the molecule is CC/C(O)=C\C=C(/C)N. The summed E-state index contributed by atoms with van der Waals surface area (Å²) in [5.74, 6) is 0.361. The Morgan fingerprint density at radius 2 is 2.11 bits per heavy atom. The van der Waals surface area contributed by atoms with Crippen LogP contribution in [-0.4, -0.2) is 5.11 Å². The second-order valence-electron chi connectivity index (χ2n) is 1.92. The summed E-state index contributed by atoms with van der Waals surface area (Å²) in [7, 11) is 0. The molecule has 52 valence electrons. The molecule has 0 amide bonds. The van der Waals surface area contributed by atoms with Crippen LogP contribution in [-0.2, 0) is 0 Å². The Morgan fingerprint density at radius 1 is 1.56 bits per heavy atom. The maximum absolute atomic E-state index is 8.87. The fraction of sp³-hybridized carbons (Fsp3) is 0.429. The maximum Gasteiger partial charge on any atom is 0.0920 e. The van der Waals surface area contributed by atoms with Crippen LogP contribution in [0.15, 0.2) is 23.6 Å². The van der Waals surface area contributed by atoms with E-state index in [0.29, 0.717) is 17.9 Å². The lowest BCUT2D eigenvalue weighted by Gasteiger charge is -1.89. The number of aliphatic hydroxyl groups is 1. The predicted molar refractivity (Wildman–Crippen MR) is 38.9 cm³/mol. The monoisotopic (exact) mass is 127 g/mol. The molecule has 0 unspecified atom stereocenters. The number of hydrogen-bond acceptors (Lipinski definition) is 2. The molecule has 0 heterocycles. The van der Waals surface area contributed by atoms with Gasteiger partial charge in [-0.2, -0.15) is 0 Å². The summed E-state index contributed by atoms with van der Waals surface area (Å²) < 4.78 is 0. The van der Waals surface area contributed by atoms with Crippen molar-refractivity contribution in [3.8, 4) is 0 Å². The minimum Gasteiger partial charge on any atom is -0.512 e. The fourth-order valence-electron chi connectivity index (χ4n) is 0.345. The van der Waals surface area contributed by atoms with E-state index in [4.69, 9.17) is 10.8 Å². The standard InChI is InChI=1S/C7H13NO/c1-3-7(9)5-4-6(2)8/h4-5,9H,3,8H2,1-2H3/b6-4+,7-5+. The first-order valence-corrected chi connectivity index (χ1v) is 2.98. The largest absolute Gasteiger partial charge is 0.512 e. The van der Waals surface area contributed by atoms with Gasteiger partial charge in [-0.25, -0.2) is 0 Å². The molecule has 0 aromatic carbocycles. The fourth-order valence-corrected chi connectivity index (χ4v) is 0.345. The highest BCUT2D eigenvalue weighted by Gasteiger charge is 1.81. The van der Waals surface area contributed by atoms with Gasteiger partial charge < -0.3 is 10.8 Å². The van der Waals surface area contributed by atoms with Gasteiger partial charge in [0, 0.05) is 12.1 Å². The van der Waals surface area contributed by atoms with Crippen molar-refractivity contribution in [1.82, 2.24) is 0 Å². The lowest BCUT2D eigenvalue weighted by Crippen LogP contribution is -1.88. The molecule has 0 aliphatic heterocycles. The van der Waals surface area contributed by atoms with E-state index < -0.39 is 0 Å². The van der Waals surface area contributed by atoms with Crippen molar-refractivity contribution in [3.63, 3.8) is 0 Å². The molecule has 0 saturated carbocycles. The molecule has 2 nitrogen and oxygen atoms in total. The number of nitrogens with two attached hydrogens (primary N) is 1. The normalized spacial score (nSPS) is 14.0. The number of rotatable bonds is 2. The van der Waals surface area contributed by atoms with E-state index in [-0.39, 0.29) is 0 Å². The van der Waals surface area contributed by atoms with Crippen LogP contribution in [0.4, 0.5) is 0 Å². The van der Waals surface area contributed by atoms with Gasteiger partial charge in [0.15, 0.2) is 0 Å². The quantitative estimate of drug-likeness (QED) is 0.438. The Bertz CT molecular complexity index is 132. The molecule has 0 rings (SSSR count). The van der Waals surface area contributed by atoms with Crippen LogP contribution in [0.2, 0.25) is 0 Å². The van der Waals surface area contributed by atoms with Gasteiger partial charge >= 0.3 is 0 Å². The summed E-state index contributed by atoms with van der Waals surface area (Å²) in [5.41, 5.74) is 6.00. The van der Waals surface area contributed by atoms with Gasteiger partial charge in [-0.1, -0.05) is 6.92 Å². The van der Waals surface area contributed by atoms with Crippen LogP contribution < -0.4 is 5.73 Å². The Balaban J connectivity index is 3.83. The lowest BCUT2D eigenvalue weighted by atomic mass is 10.3. The number of aliphatic hydroxyl groups excluding tert-OH is 1. The molecule has 0 aliphatic carbocycles. The van der Waals surface area contributed by atoms with Gasteiger partial charge in [0.2, 0.25) is 0 Å². The highest BCUT2D eigenvalue weighted by Crippen LogP contribution is 1.94. The van der Waals surface area contributed by atoms with Gasteiger partial charge in [0.05, 0.1) is 5.76 Å². The van der Waals surface area contributed by atoms with E-state index in [1.165, 1.54) is 0 Å². The molecule has 0 fully saturated rings. The van der Waals surface area contributed by atoms with E-state index >= 15 is 0 Å². The Hall–Kier alpha value is -0.920. The van der Waals surface area contributed by atoms with Crippen LogP contribution in [0.1, 0.15) is 20.3 Å². The van der Waals surface area contributed by atoms with E-state index in [1.54, 1.807) is 19.1 Å². The molecule has 0 atom stereocenters. The molecule has 0 aliphatic rings. The second-order valence-corrected chi connectivity index (χ2v) is 1.92. The Morgan fingerprint density at radius 3 is 2.44 bits per heavy atom. The third kappa shape index (κ3) is 4.94. The summed E-state index contributed by atoms with van der Waals surface area (Å²) in [6.45, 7) is 3.66. The molecule has 0 saturated heterocycles. The summed E-state index contributed by atoms with van der Waals surface area (Å²) in [6.07, 6.45) is 3.94. The molecule has 9 heavy (non-hydrogen) atoms. The molecule has 0 aromatic rings. The average Bonchev–Trinajstić information content (AvgIpc) is 1.83. The third-order valence-corrected chi connectivity index (χ3v) is 0.901. The van der Waals surface area contributed by atoms with Crippen molar-refractivity contribution >= 4 is 0 Å². The van der Waals surface area contributed by atoms with Crippen molar-refractivity contribution in [2.24, 2.45) is 5.73 Å². The first-order chi connectivity index (χ1) is 4.16. The lowest BCUT2D eigenvalue weighted by molar-refractivity contribution is 0.394. The number of hydrogen-bond donors (Lipinski definition) is 2. The summed E-state index contributed by atoms with van der Waals surface area (Å²) in [6, 6.07) is 0. The van der Waals surface area contributed by atoms with Crippen molar-refractivity contribution in [3.05, 3.63) is 23.6 Å². The first-order valence-electron chi connectivity index (χ1n) is 2.98. The molecule has 2 heteroatoms. The Kier molecular flexibility index (Phi) is 3.60. The van der Waals surface area contributed by atoms with Gasteiger partial charge in [-0.05, 0) is 19.1 Å². The molecule has 0 radical (unpaired) electrons.